The molecule has 0 heterocycles. The van der Waals surface area contributed by atoms with Crippen LogP contribution in [0, 0.1) is 34.0 Å². The summed E-state index contributed by atoms with van der Waals surface area (Å²) in [6, 6.07) is 31.4. The van der Waals surface area contributed by atoms with E-state index in [0.717, 1.165) is 39.8 Å². The lowest BCUT2D eigenvalue weighted by molar-refractivity contribution is 0.869. The minimum absolute atomic E-state index is 0.216. The van der Waals surface area contributed by atoms with Crippen LogP contribution in [0.15, 0.2) is 84.9 Å². The molecule has 0 bridgehead atoms. The average molecular weight is 426 g/mol. The van der Waals surface area contributed by atoms with Gasteiger partial charge in [-0.05, 0) is 50.9 Å². The Bertz CT molecular complexity index is 1300. The molecule has 0 aromatic heterocycles. The van der Waals surface area contributed by atoms with E-state index in [4.69, 9.17) is 15.8 Å². The molecule has 0 fully saturated rings. The maximum Gasteiger partial charge on any atom is 0.0669 e. The first-order valence-corrected chi connectivity index (χ1v) is 11.0. The SMILES string of the molecule is N#CCc1ccc(C2=CC(c3ccc(CC#N)cc3)CC(c3ccc(CC#N)cc3)=C2)cc1. The molecule has 0 saturated carbocycles. The van der Waals surface area contributed by atoms with Gasteiger partial charge < -0.3 is 0 Å². The second-order valence-corrected chi connectivity index (χ2v) is 8.24. The van der Waals surface area contributed by atoms with Gasteiger partial charge in [-0.1, -0.05) is 84.9 Å². The van der Waals surface area contributed by atoms with Gasteiger partial charge in [0.25, 0.3) is 0 Å². The molecule has 0 N–H and O–H groups in total. The fraction of sp³-hybridized carbons (Fsp3) is 0.167. The first kappa shape index (κ1) is 21.8. The van der Waals surface area contributed by atoms with Gasteiger partial charge in [0.1, 0.15) is 0 Å². The Balaban J connectivity index is 1.70. The van der Waals surface area contributed by atoms with Gasteiger partial charge in [0.15, 0.2) is 0 Å². The van der Waals surface area contributed by atoms with E-state index in [1.807, 2.05) is 36.4 Å². The Morgan fingerprint density at radius 2 is 1.06 bits per heavy atom. The van der Waals surface area contributed by atoms with Gasteiger partial charge in [-0.2, -0.15) is 15.8 Å². The highest BCUT2D eigenvalue weighted by Crippen LogP contribution is 2.39. The van der Waals surface area contributed by atoms with E-state index in [2.05, 4.69) is 66.8 Å². The number of benzene rings is 3. The summed E-state index contributed by atoms with van der Waals surface area (Å²) in [7, 11) is 0. The van der Waals surface area contributed by atoms with Crippen molar-refractivity contribution in [2.24, 2.45) is 0 Å². The monoisotopic (exact) mass is 425 g/mol. The lowest BCUT2D eigenvalue weighted by Crippen LogP contribution is -2.04. The number of rotatable bonds is 6. The zero-order chi connectivity index (χ0) is 23.0. The molecule has 0 radical (unpaired) electrons. The molecule has 3 aromatic rings. The highest BCUT2D eigenvalue weighted by atomic mass is 14.3. The molecule has 0 amide bonds. The van der Waals surface area contributed by atoms with Crippen LogP contribution in [-0.4, -0.2) is 0 Å². The third kappa shape index (κ3) is 5.27. The van der Waals surface area contributed by atoms with Crippen LogP contribution in [0.25, 0.3) is 11.1 Å². The zero-order valence-corrected chi connectivity index (χ0v) is 18.3. The van der Waals surface area contributed by atoms with Crippen LogP contribution < -0.4 is 0 Å². The van der Waals surface area contributed by atoms with Crippen molar-refractivity contribution in [1.82, 2.24) is 0 Å². The molecule has 0 spiro atoms. The zero-order valence-electron chi connectivity index (χ0n) is 18.3. The maximum atomic E-state index is 8.96. The predicted molar refractivity (Wildman–Crippen MR) is 131 cm³/mol. The van der Waals surface area contributed by atoms with Gasteiger partial charge in [0.2, 0.25) is 0 Å². The summed E-state index contributed by atoms with van der Waals surface area (Å²) in [6.45, 7) is 0. The molecule has 158 valence electrons. The number of hydrogen-bond acceptors (Lipinski definition) is 3. The molecule has 1 aliphatic rings. The molecule has 3 nitrogen and oxygen atoms in total. The Kier molecular flexibility index (Phi) is 6.80. The van der Waals surface area contributed by atoms with E-state index >= 15 is 0 Å². The molecule has 1 unspecified atom stereocenters. The van der Waals surface area contributed by atoms with Gasteiger partial charge in [0, 0.05) is 5.92 Å². The standard InChI is InChI=1S/C30H23N3/c31-16-13-22-1-7-25(8-2-22)28-19-29(26-9-3-23(4-10-26)14-17-32)21-30(20-28)27-11-5-24(6-12-27)15-18-33/h1-12,19-20,29H,13-15,21H2. The molecule has 0 aliphatic heterocycles. The average Bonchev–Trinajstić information content (AvgIpc) is 2.86. The van der Waals surface area contributed by atoms with Crippen LogP contribution in [0.4, 0.5) is 0 Å². The Labute approximate surface area is 195 Å². The predicted octanol–water partition coefficient (Wildman–Crippen LogP) is 6.54. The van der Waals surface area contributed by atoms with E-state index in [9.17, 15) is 0 Å². The summed E-state index contributed by atoms with van der Waals surface area (Å²) in [6.07, 6.45) is 6.68. The van der Waals surface area contributed by atoms with Crippen LogP contribution >= 0.6 is 0 Å². The summed E-state index contributed by atoms with van der Waals surface area (Å²) >= 11 is 0. The van der Waals surface area contributed by atoms with Gasteiger partial charge in [0.05, 0.1) is 37.5 Å². The van der Waals surface area contributed by atoms with E-state index in [1.165, 1.54) is 11.1 Å². The molecule has 1 atom stereocenters. The summed E-state index contributed by atoms with van der Waals surface area (Å²) in [5.41, 5.74) is 8.98. The Morgan fingerprint density at radius 1 is 0.606 bits per heavy atom. The molecular formula is C30H23N3. The minimum atomic E-state index is 0.216. The normalized spacial score (nSPS) is 14.9. The second kappa shape index (κ2) is 10.3. The first-order valence-electron chi connectivity index (χ1n) is 11.0. The van der Waals surface area contributed by atoms with Crippen molar-refractivity contribution in [3.05, 3.63) is 118 Å². The smallest absolute Gasteiger partial charge is 0.0669 e. The van der Waals surface area contributed by atoms with Crippen LogP contribution in [-0.2, 0) is 19.3 Å². The topological polar surface area (TPSA) is 71.4 Å². The number of allylic oxidation sites excluding steroid dienone is 4. The van der Waals surface area contributed by atoms with E-state index < -0.39 is 0 Å². The van der Waals surface area contributed by atoms with Crippen molar-refractivity contribution in [3.63, 3.8) is 0 Å². The summed E-state index contributed by atoms with van der Waals surface area (Å²) in [4.78, 5) is 0. The Hall–Kier alpha value is -4.39. The van der Waals surface area contributed by atoms with Crippen LogP contribution in [0.5, 0.6) is 0 Å². The lowest BCUT2D eigenvalue weighted by atomic mass is 9.81. The van der Waals surface area contributed by atoms with Crippen molar-refractivity contribution < 1.29 is 0 Å². The van der Waals surface area contributed by atoms with Crippen molar-refractivity contribution in [3.8, 4) is 18.2 Å². The van der Waals surface area contributed by atoms with Gasteiger partial charge in [-0.25, -0.2) is 0 Å². The summed E-state index contributed by atoms with van der Waals surface area (Å²) in [5.74, 6) is 0.216. The second-order valence-electron chi connectivity index (χ2n) is 8.24. The van der Waals surface area contributed by atoms with Crippen molar-refractivity contribution >= 4 is 11.1 Å². The van der Waals surface area contributed by atoms with Crippen LogP contribution in [0.3, 0.4) is 0 Å². The van der Waals surface area contributed by atoms with Crippen molar-refractivity contribution in [1.29, 1.82) is 15.8 Å². The minimum Gasteiger partial charge on any atom is -0.198 e. The Morgan fingerprint density at radius 3 is 1.55 bits per heavy atom. The third-order valence-electron chi connectivity index (χ3n) is 6.02. The first-order chi connectivity index (χ1) is 16.2. The summed E-state index contributed by atoms with van der Waals surface area (Å²) < 4.78 is 0. The van der Waals surface area contributed by atoms with Gasteiger partial charge in [-0.3, -0.25) is 0 Å². The fourth-order valence-electron chi connectivity index (χ4n) is 4.21. The van der Waals surface area contributed by atoms with Crippen molar-refractivity contribution in [2.45, 2.75) is 31.6 Å². The van der Waals surface area contributed by atoms with Crippen LogP contribution in [0.2, 0.25) is 0 Å². The highest BCUT2D eigenvalue weighted by Gasteiger charge is 2.19. The van der Waals surface area contributed by atoms with Crippen LogP contribution in [0.1, 0.15) is 45.7 Å². The molecule has 0 saturated heterocycles. The molecule has 1 aliphatic carbocycles. The van der Waals surface area contributed by atoms with Gasteiger partial charge in [-0.15, -0.1) is 0 Å². The molecule has 4 rings (SSSR count). The van der Waals surface area contributed by atoms with E-state index in [1.54, 1.807) is 0 Å². The highest BCUT2D eigenvalue weighted by molar-refractivity contribution is 5.87. The summed E-state index contributed by atoms with van der Waals surface area (Å²) in [5, 5.41) is 26.9. The molecule has 33 heavy (non-hydrogen) atoms. The number of hydrogen-bond donors (Lipinski definition) is 0. The fourth-order valence-corrected chi connectivity index (χ4v) is 4.21. The number of nitriles is 3. The molecule has 3 aromatic carbocycles. The lowest BCUT2D eigenvalue weighted by Gasteiger charge is -2.23. The van der Waals surface area contributed by atoms with E-state index in [0.29, 0.717) is 19.3 Å². The van der Waals surface area contributed by atoms with Crippen molar-refractivity contribution in [2.75, 3.05) is 0 Å². The van der Waals surface area contributed by atoms with E-state index in [-0.39, 0.29) is 5.92 Å². The quantitative estimate of drug-likeness (QED) is 0.450. The maximum absolute atomic E-state index is 8.96. The van der Waals surface area contributed by atoms with Gasteiger partial charge >= 0.3 is 0 Å². The third-order valence-corrected chi connectivity index (χ3v) is 6.02. The molecular weight excluding hydrogens is 402 g/mol. The molecule has 3 heteroatoms. The number of nitrogens with zero attached hydrogens (tertiary/aromatic N) is 3. The largest absolute Gasteiger partial charge is 0.198 e.